The Morgan fingerprint density at radius 1 is 1.09 bits per heavy atom. The first kappa shape index (κ1) is 14.9. The Hall–Kier alpha value is -3.02. The lowest BCUT2D eigenvalue weighted by Gasteiger charge is -2.10. The van der Waals surface area contributed by atoms with Crippen molar-refractivity contribution in [3.63, 3.8) is 0 Å². The topological polar surface area (TPSA) is 68.9 Å². The number of methoxy groups -OCH3 is 2. The van der Waals surface area contributed by atoms with Crippen molar-refractivity contribution in [3.05, 3.63) is 52.4 Å². The van der Waals surface area contributed by atoms with Crippen LogP contribution in [0.4, 0.5) is 4.39 Å². The van der Waals surface area contributed by atoms with Crippen LogP contribution in [-0.2, 0) is 0 Å². The summed E-state index contributed by atoms with van der Waals surface area (Å²) in [6, 6.07) is 8.33. The Bertz CT molecular complexity index is 946. The van der Waals surface area contributed by atoms with Crippen LogP contribution in [0.1, 0.15) is 0 Å². The van der Waals surface area contributed by atoms with Gasteiger partial charge in [0.05, 0.1) is 19.6 Å². The number of ether oxygens (including phenoxy) is 2. The van der Waals surface area contributed by atoms with Crippen LogP contribution in [0.15, 0.2) is 45.6 Å². The van der Waals surface area contributed by atoms with Gasteiger partial charge in [0.1, 0.15) is 11.4 Å². The van der Waals surface area contributed by atoms with Gasteiger partial charge < -0.3 is 19.0 Å². The van der Waals surface area contributed by atoms with Crippen LogP contribution in [0.5, 0.6) is 17.2 Å². The fourth-order valence-electron chi connectivity index (χ4n) is 2.34. The minimum Gasteiger partial charge on any atom is -0.502 e. The van der Waals surface area contributed by atoms with Gasteiger partial charge in [-0.15, -0.1) is 0 Å². The summed E-state index contributed by atoms with van der Waals surface area (Å²) in [7, 11) is 2.89. The van der Waals surface area contributed by atoms with Gasteiger partial charge in [0.15, 0.2) is 17.3 Å². The molecular formula is C17H13FO5. The van der Waals surface area contributed by atoms with Crippen LogP contribution in [0, 0.1) is 5.82 Å². The van der Waals surface area contributed by atoms with Gasteiger partial charge in [0.2, 0.25) is 11.2 Å². The zero-order valence-corrected chi connectivity index (χ0v) is 12.4. The van der Waals surface area contributed by atoms with Gasteiger partial charge in [-0.3, -0.25) is 4.79 Å². The van der Waals surface area contributed by atoms with Crippen molar-refractivity contribution in [1.82, 2.24) is 0 Å². The highest BCUT2D eigenvalue weighted by Gasteiger charge is 2.18. The molecule has 1 aromatic heterocycles. The molecule has 3 aromatic rings. The zero-order valence-electron chi connectivity index (χ0n) is 12.4. The Balaban J connectivity index is 2.34. The average Bonchev–Trinajstić information content (AvgIpc) is 2.57. The molecule has 118 valence electrons. The van der Waals surface area contributed by atoms with E-state index in [1.165, 1.54) is 50.6 Å². The van der Waals surface area contributed by atoms with Crippen molar-refractivity contribution in [1.29, 1.82) is 0 Å². The third-order valence-electron chi connectivity index (χ3n) is 3.46. The maximum absolute atomic E-state index is 13.4. The Kier molecular flexibility index (Phi) is 3.65. The van der Waals surface area contributed by atoms with E-state index >= 15 is 0 Å². The van der Waals surface area contributed by atoms with Crippen LogP contribution >= 0.6 is 0 Å². The van der Waals surface area contributed by atoms with Gasteiger partial charge in [0, 0.05) is 11.6 Å². The highest BCUT2D eigenvalue weighted by Crippen LogP contribution is 2.35. The van der Waals surface area contributed by atoms with Crippen LogP contribution < -0.4 is 14.9 Å². The molecule has 3 rings (SSSR count). The van der Waals surface area contributed by atoms with Gasteiger partial charge in [-0.2, -0.15) is 0 Å². The normalized spacial score (nSPS) is 10.7. The van der Waals surface area contributed by atoms with E-state index in [0.29, 0.717) is 11.5 Å². The van der Waals surface area contributed by atoms with Crippen molar-refractivity contribution in [2.24, 2.45) is 0 Å². The van der Waals surface area contributed by atoms with E-state index in [1.807, 2.05) is 0 Å². The van der Waals surface area contributed by atoms with E-state index in [1.54, 1.807) is 0 Å². The van der Waals surface area contributed by atoms with Crippen LogP contribution in [0.25, 0.3) is 22.3 Å². The quantitative estimate of drug-likeness (QED) is 0.803. The third kappa shape index (κ3) is 2.48. The average molecular weight is 316 g/mol. The second kappa shape index (κ2) is 5.64. The predicted octanol–water partition coefficient (Wildman–Crippen LogP) is 3.32. The Morgan fingerprint density at radius 3 is 2.43 bits per heavy atom. The van der Waals surface area contributed by atoms with Gasteiger partial charge in [-0.1, -0.05) is 12.1 Å². The van der Waals surface area contributed by atoms with Crippen LogP contribution in [-0.4, -0.2) is 19.3 Å². The summed E-state index contributed by atoms with van der Waals surface area (Å²) in [6.45, 7) is 0. The molecule has 0 unspecified atom stereocenters. The number of hydrogen-bond donors (Lipinski definition) is 1. The fourth-order valence-corrected chi connectivity index (χ4v) is 2.34. The predicted molar refractivity (Wildman–Crippen MR) is 82.6 cm³/mol. The Morgan fingerprint density at radius 2 is 1.78 bits per heavy atom. The largest absolute Gasteiger partial charge is 0.502 e. The molecular weight excluding hydrogens is 303 g/mol. The second-order valence-electron chi connectivity index (χ2n) is 4.82. The third-order valence-corrected chi connectivity index (χ3v) is 3.46. The summed E-state index contributed by atoms with van der Waals surface area (Å²) in [5.41, 5.74) is -0.174. The molecule has 0 amide bonds. The van der Waals surface area contributed by atoms with Crippen molar-refractivity contribution in [2.75, 3.05) is 14.2 Å². The van der Waals surface area contributed by atoms with E-state index in [9.17, 15) is 14.3 Å². The van der Waals surface area contributed by atoms with E-state index in [0.717, 1.165) is 0 Å². The van der Waals surface area contributed by atoms with Gasteiger partial charge in [-0.05, 0) is 18.2 Å². The smallest absolute Gasteiger partial charge is 0.235 e. The molecule has 0 aliphatic carbocycles. The molecule has 0 atom stereocenters. The molecule has 0 aliphatic heterocycles. The monoisotopic (exact) mass is 316 g/mol. The number of benzene rings is 2. The number of aromatic hydroxyl groups is 1. The molecule has 1 N–H and O–H groups in total. The molecule has 0 spiro atoms. The van der Waals surface area contributed by atoms with Crippen molar-refractivity contribution < 1.29 is 23.4 Å². The molecule has 0 aliphatic rings. The van der Waals surface area contributed by atoms with Crippen molar-refractivity contribution in [2.45, 2.75) is 0 Å². The first-order valence-corrected chi connectivity index (χ1v) is 6.73. The molecule has 5 nitrogen and oxygen atoms in total. The van der Waals surface area contributed by atoms with Gasteiger partial charge >= 0.3 is 0 Å². The minimum atomic E-state index is -0.633. The molecule has 6 heteroatoms. The van der Waals surface area contributed by atoms with Crippen LogP contribution in [0.3, 0.4) is 0 Å². The van der Waals surface area contributed by atoms with E-state index in [-0.39, 0.29) is 22.3 Å². The lowest BCUT2D eigenvalue weighted by molar-refractivity contribution is 0.355. The zero-order chi connectivity index (χ0) is 16.6. The summed E-state index contributed by atoms with van der Waals surface area (Å²) < 4.78 is 29.3. The van der Waals surface area contributed by atoms with Crippen molar-refractivity contribution >= 4 is 11.0 Å². The summed E-state index contributed by atoms with van der Waals surface area (Å²) in [5, 5.41) is 10.3. The van der Waals surface area contributed by atoms with E-state index < -0.39 is 17.0 Å². The summed E-state index contributed by atoms with van der Waals surface area (Å²) in [4.78, 5) is 12.4. The number of fused-ring (bicyclic) bond motifs is 1. The Labute approximate surface area is 130 Å². The number of halogens is 1. The molecule has 23 heavy (non-hydrogen) atoms. The van der Waals surface area contributed by atoms with E-state index in [4.69, 9.17) is 13.9 Å². The molecule has 0 radical (unpaired) electrons. The van der Waals surface area contributed by atoms with E-state index in [2.05, 4.69) is 0 Å². The highest BCUT2D eigenvalue weighted by atomic mass is 19.1. The van der Waals surface area contributed by atoms with Gasteiger partial charge in [-0.25, -0.2) is 4.39 Å². The fraction of sp³-hybridized carbons (Fsp3) is 0.118. The maximum Gasteiger partial charge on any atom is 0.235 e. The maximum atomic E-state index is 13.4. The lowest BCUT2D eigenvalue weighted by Crippen LogP contribution is -2.03. The summed E-state index contributed by atoms with van der Waals surface area (Å²) in [5.74, 6) is -0.481. The van der Waals surface area contributed by atoms with Crippen LogP contribution in [0.2, 0.25) is 0 Å². The molecule has 1 heterocycles. The molecule has 2 aromatic carbocycles. The first-order valence-electron chi connectivity index (χ1n) is 6.73. The SMILES string of the molecule is COc1cc2oc(-c3cccc(F)c3)c(O)c(=O)c2cc1OC. The summed E-state index contributed by atoms with van der Waals surface area (Å²) >= 11 is 0. The highest BCUT2D eigenvalue weighted by molar-refractivity contribution is 5.84. The molecule has 0 saturated carbocycles. The first-order chi connectivity index (χ1) is 11.0. The molecule has 0 saturated heterocycles. The molecule has 0 fully saturated rings. The summed E-state index contributed by atoms with van der Waals surface area (Å²) in [6.07, 6.45) is 0. The lowest BCUT2D eigenvalue weighted by atomic mass is 10.1. The standard InChI is InChI=1S/C17H13FO5/c1-21-13-7-11-12(8-14(13)22-2)23-17(16(20)15(11)19)9-4-3-5-10(18)6-9/h3-8,20H,1-2H3. The number of hydrogen-bond acceptors (Lipinski definition) is 5. The van der Waals surface area contributed by atoms with Gasteiger partial charge in [0.25, 0.3) is 0 Å². The minimum absolute atomic E-state index is 0.103. The number of rotatable bonds is 3. The second-order valence-corrected chi connectivity index (χ2v) is 4.82. The molecule has 0 bridgehead atoms. The van der Waals surface area contributed by atoms with Crippen molar-refractivity contribution in [3.8, 4) is 28.6 Å².